The van der Waals surface area contributed by atoms with E-state index in [1.54, 1.807) is 18.2 Å². The van der Waals surface area contributed by atoms with Crippen molar-refractivity contribution in [2.45, 2.75) is 4.90 Å². The molecule has 0 saturated heterocycles. The number of sulfonamides is 2. The summed E-state index contributed by atoms with van der Waals surface area (Å²) in [5.74, 6) is -0.548. The molecule has 8 nitrogen and oxygen atoms in total. The van der Waals surface area contributed by atoms with E-state index in [0.717, 1.165) is 6.26 Å². The standard InChI is InChI=1S/C20H17Cl2N3O5S2/c1-31(27,28)24-16-7-10-18(19(22)12-16)20(26)23-14-5-8-17(9-6-14)32(29,30)25-15-4-2-3-13(21)11-15/h2-12,24-25H,1H3,(H,23,26). The molecule has 0 unspecified atom stereocenters. The Morgan fingerprint density at radius 1 is 0.781 bits per heavy atom. The number of rotatable bonds is 7. The normalized spacial score (nSPS) is 11.6. The van der Waals surface area contributed by atoms with E-state index in [9.17, 15) is 21.6 Å². The van der Waals surface area contributed by atoms with E-state index in [1.807, 2.05) is 0 Å². The van der Waals surface area contributed by atoms with Gasteiger partial charge in [0.15, 0.2) is 0 Å². The molecule has 0 saturated carbocycles. The molecule has 0 fully saturated rings. The van der Waals surface area contributed by atoms with Crippen LogP contribution in [0, 0.1) is 0 Å². The van der Waals surface area contributed by atoms with Gasteiger partial charge in [-0.2, -0.15) is 0 Å². The molecule has 168 valence electrons. The second-order valence-corrected chi connectivity index (χ2v) is 10.9. The van der Waals surface area contributed by atoms with E-state index in [-0.39, 0.29) is 21.2 Å². The third-order valence-electron chi connectivity index (χ3n) is 4.02. The van der Waals surface area contributed by atoms with Crippen molar-refractivity contribution in [3.8, 4) is 0 Å². The van der Waals surface area contributed by atoms with Crippen LogP contribution in [-0.2, 0) is 20.0 Å². The average molecular weight is 514 g/mol. The van der Waals surface area contributed by atoms with Crippen LogP contribution in [0.15, 0.2) is 71.6 Å². The Balaban J connectivity index is 1.72. The summed E-state index contributed by atoms with van der Waals surface area (Å²) in [4.78, 5) is 12.5. The number of hydrogen-bond acceptors (Lipinski definition) is 5. The first-order chi connectivity index (χ1) is 14.9. The Bertz CT molecular complexity index is 1380. The summed E-state index contributed by atoms with van der Waals surface area (Å²) in [7, 11) is -7.34. The van der Waals surface area contributed by atoms with Crippen molar-refractivity contribution in [2.24, 2.45) is 0 Å². The fourth-order valence-electron chi connectivity index (χ4n) is 2.66. The molecule has 0 spiro atoms. The lowest BCUT2D eigenvalue weighted by atomic mass is 10.2. The zero-order valence-electron chi connectivity index (χ0n) is 16.5. The van der Waals surface area contributed by atoms with Gasteiger partial charge in [-0.15, -0.1) is 0 Å². The van der Waals surface area contributed by atoms with Crippen LogP contribution in [0.25, 0.3) is 0 Å². The van der Waals surface area contributed by atoms with Crippen molar-refractivity contribution in [3.63, 3.8) is 0 Å². The molecule has 3 aromatic carbocycles. The Labute approximate surface area is 195 Å². The summed E-state index contributed by atoms with van der Waals surface area (Å²) in [5, 5.41) is 3.04. The molecule has 0 aliphatic rings. The molecule has 3 aromatic rings. The second kappa shape index (κ2) is 9.37. The maximum absolute atomic E-state index is 12.5. The fraction of sp³-hybridized carbons (Fsp3) is 0.0500. The Kier molecular flexibility index (Phi) is 6.99. The zero-order chi connectivity index (χ0) is 23.5. The van der Waals surface area contributed by atoms with Crippen molar-refractivity contribution in [2.75, 3.05) is 21.0 Å². The predicted molar refractivity (Wildman–Crippen MR) is 127 cm³/mol. The highest BCUT2D eigenvalue weighted by atomic mass is 35.5. The SMILES string of the molecule is CS(=O)(=O)Nc1ccc(C(=O)Nc2ccc(S(=O)(=O)Nc3cccc(Cl)c3)cc2)c(Cl)c1. The van der Waals surface area contributed by atoms with Crippen LogP contribution in [-0.4, -0.2) is 29.0 Å². The predicted octanol–water partition coefficient (Wildman–Crippen LogP) is 4.42. The molecule has 12 heteroatoms. The van der Waals surface area contributed by atoms with Gasteiger partial charge in [0.1, 0.15) is 0 Å². The number of carbonyl (C=O) groups is 1. The number of halogens is 2. The molecule has 0 heterocycles. The van der Waals surface area contributed by atoms with E-state index in [4.69, 9.17) is 23.2 Å². The highest BCUT2D eigenvalue weighted by Crippen LogP contribution is 2.24. The summed E-state index contributed by atoms with van der Waals surface area (Å²) in [6.07, 6.45) is 0.996. The number of hydrogen-bond donors (Lipinski definition) is 3. The molecule has 3 rings (SSSR count). The van der Waals surface area contributed by atoms with E-state index in [2.05, 4.69) is 14.8 Å². The maximum atomic E-state index is 12.5. The van der Waals surface area contributed by atoms with Crippen LogP contribution >= 0.6 is 23.2 Å². The first-order valence-electron chi connectivity index (χ1n) is 8.90. The van der Waals surface area contributed by atoms with Crippen LogP contribution in [0.1, 0.15) is 10.4 Å². The average Bonchev–Trinajstić information content (AvgIpc) is 2.66. The molecule has 0 aliphatic carbocycles. The highest BCUT2D eigenvalue weighted by molar-refractivity contribution is 7.92. The summed E-state index contributed by atoms with van der Waals surface area (Å²) in [5.41, 5.74) is 0.991. The van der Waals surface area contributed by atoms with Gasteiger partial charge in [0.2, 0.25) is 10.0 Å². The number of amides is 1. The summed E-state index contributed by atoms with van der Waals surface area (Å²) in [6.45, 7) is 0. The van der Waals surface area contributed by atoms with Gasteiger partial charge in [-0.3, -0.25) is 14.2 Å². The smallest absolute Gasteiger partial charge is 0.261 e. The molecule has 0 aromatic heterocycles. The van der Waals surface area contributed by atoms with E-state index < -0.39 is 26.0 Å². The first-order valence-corrected chi connectivity index (χ1v) is 13.0. The Morgan fingerprint density at radius 2 is 1.41 bits per heavy atom. The molecule has 1 amide bonds. The zero-order valence-corrected chi connectivity index (χ0v) is 19.6. The van der Waals surface area contributed by atoms with Crippen LogP contribution in [0.5, 0.6) is 0 Å². The van der Waals surface area contributed by atoms with Gasteiger partial charge in [0.05, 0.1) is 27.4 Å². The van der Waals surface area contributed by atoms with Gasteiger partial charge in [0.25, 0.3) is 15.9 Å². The lowest BCUT2D eigenvalue weighted by Gasteiger charge is -2.11. The number of carbonyl (C=O) groups excluding carboxylic acids is 1. The van der Waals surface area contributed by atoms with Gasteiger partial charge in [-0.25, -0.2) is 16.8 Å². The van der Waals surface area contributed by atoms with Crippen molar-refractivity contribution in [1.82, 2.24) is 0 Å². The van der Waals surface area contributed by atoms with Gasteiger partial charge < -0.3 is 5.32 Å². The topological polar surface area (TPSA) is 121 Å². The summed E-state index contributed by atoms with van der Waals surface area (Å²) >= 11 is 12.0. The van der Waals surface area contributed by atoms with Gasteiger partial charge in [-0.1, -0.05) is 29.3 Å². The Hall–Kier alpha value is -2.79. The van der Waals surface area contributed by atoms with Crippen LogP contribution in [0.4, 0.5) is 17.1 Å². The van der Waals surface area contributed by atoms with Crippen LogP contribution in [0.2, 0.25) is 10.0 Å². The number of nitrogens with one attached hydrogen (secondary N) is 3. The molecule has 0 aliphatic heterocycles. The minimum atomic E-state index is -3.85. The lowest BCUT2D eigenvalue weighted by molar-refractivity contribution is 0.102. The third kappa shape index (κ3) is 6.36. The molecular weight excluding hydrogens is 497 g/mol. The van der Waals surface area contributed by atoms with Crippen LogP contribution in [0.3, 0.4) is 0 Å². The minimum Gasteiger partial charge on any atom is -0.322 e. The molecule has 32 heavy (non-hydrogen) atoms. The van der Waals surface area contributed by atoms with E-state index in [1.165, 1.54) is 48.5 Å². The molecule has 0 bridgehead atoms. The first kappa shape index (κ1) is 23.9. The molecular formula is C20H17Cl2N3O5S2. The number of anilines is 3. The molecule has 0 atom stereocenters. The fourth-order valence-corrected chi connectivity index (χ4v) is 4.72. The van der Waals surface area contributed by atoms with Gasteiger partial charge in [-0.05, 0) is 60.7 Å². The lowest BCUT2D eigenvalue weighted by Crippen LogP contribution is -2.15. The largest absolute Gasteiger partial charge is 0.322 e. The summed E-state index contributed by atoms with van der Waals surface area (Å²) in [6, 6.07) is 15.9. The van der Waals surface area contributed by atoms with E-state index in [0.29, 0.717) is 16.4 Å². The molecule has 3 N–H and O–H groups in total. The van der Waals surface area contributed by atoms with E-state index >= 15 is 0 Å². The molecule has 0 radical (unpaired) electrons. The number of benzene rings is 3. The second-order valence-electron chi connectivity index (χ2n) is 6.66. The monoisotopic (exact) mass is 513 g/mol. The van der Waals surface area contributed by atoms with Crippen molar-refractivity contribution in [1.29, 1.82) is 0 Å². The van der Waals surface area contributed by atoms with Gasteiger partial charge in [0, 0.05) is 16.4 Å². The minimum absolute atomic E-state index is 0.00953. The third-order valence-corrected chi connectivity index (χ3v) is 6.57. The van der Waals surface area contributed by atoms with Gasteiger partial charge >= 0.3 is 0 Å². The Morgan fingerprint density at radius 3 is 2.00 bits per heavy atom. The van der Waals surface area contributed by atoms with Crippen molar-refractivity contribution >= 4 is 66.2 Å². The highest BCUT2D eigenvalue weighted by Gasteiger charge is 2.16. The van der Waals surface area contributed by atoms with Crippen molar-refractivity contribution < 1.29 is 21.6 Å². The quantitative estimate of drug-likeness (QED) is 0.431. The van der Waals surface area contributed by atoms with Crippen molar-refractivity contribution in [3.05, 3.63) is 82.3 Å². The maximum Gasteiger partial charge on any atom is 0.261 e. The summed E-state index contributed by atoms with van der Waals surface area (Å²) < 4.78 is 52.4. The van der Waals surface area contributed by atoms with Crippen LogP contribution < -0.4 is 14.8 Å².